The van der Waals surface area contributed by atoms with Gasteiger partial charge in [-0.2, -0.15) is 0 Å². The zero-order valence-corrected chi connectivity index (χ0v) is 14.8. The Morgan fingerprint density at radius 1 is 0.842 bits per heavy atom. The fourth-order valence-corrected chi connectivity index (χ4v) is 0.298. The van der Waals surface area contributed by atoms with Crippen molar-refractivity contribution in [2.24, 2.45) is 17.3 Å². The molecule has 0 aliphatic carbocycles. The molecule has 0 aromatic heterocycles. The first-order valence-corrected chi connectivity index (χ1v) is 6.24. The van der Waals surface area contributed by atoms with Crippen LogP contribution in [-0.2, 0) is 28.3 Å². The van der Waals surface area contributed by atoms with Gasteiger partial charge in [-0.3, -0.25) is 10.5 Å². The van der Waals surface area contributed by atoms with Gasteiger partial charge in [0.1, 0.15) is 0 Å². The molecule has 0 aliphatic heterocycles. The van der Waals surface area contributed by atoms with Crippen molar-refractivity contribution in [2.45, 2.75) is 48.5 Å². The van der Waals surface area contributed by atoms with Gasteiger partial charge in [-0.25, -0.2) is 9.78 Å². The molecular weight excluding hydrogens is 287 g/mol. The molecule has 0 aromatic carbocycles. The van der Waals surface area contributed by atoms with Crippen LogP contribution in [0.1, 0.15) is 48.5 Å². The maximum Gasteiger partial charge on any atom is 0.0842 e. The van der Waals surface area contributed by atoms with E-state index < -0.39 is 0 Å². The van der Waals surface area contributed by atoms with E-state index >= 15 is 0 Å². The minimum Gasteiger partial charge on any atom is -0.396 e. The first kappa shape index (κ1) is 27.7. The van der Waals surface area contributed by atoms with Gasteiger partial charge in [0, 0.05) is 25.2 Å². The molecule has 0 heterocycles. The third-order valence-corrected chi connectivity index (χ3v) is 1.29. The molecule has 1 radical (unpaired) electrons. The van der Waals surface area contributed by atoms with E-state index in [0.717, 1.165) is 0 Å². The molecule has 0 aromatic rings. The summed E-state index contributed by atoms with van der Waals surface area (Å²) in [4.78, 5) is 7.61. The fraction of sp³-hybridized carbons (Fsp3) is 1.00. The molecule has 0 bridgehead atoms. The second kappa shape index (κ2) is 18.4. The SMILES string of the molecule is CC(C)(C)CO.CC(C)COO.CC(C)COO.[V]. The van der Waals surface area contributed by atoms with Crippen LogP contribution in [-0.4, -0.2) is 35.4 Å². The van der Waals surface area contributed by atoms with Crippen LogP contribution in [0.25, 0.3) is 0 Å². The van der Waals surface area contributed by atoms with Gasteiger partial charge in [0.05, 0.1) is 13.2 Å². The van der Waals surface area contributed by atoms with Crippen molar-refractivity contribution in [1.29, 1.82) is 0 Å². The summed E-state index contributed by atoms with van der Waals surface area (Å²) >= 11 is 0. The topological polar surface area (TPSA) is 79.2 Å². The van der Waals surface area contributed by atoms with Crippen LogP contribution < -0.4 is 0 Å². The summed E-state index contributed by atoms with van der Waals surface area (Å²) in [6.07, 6.45) is 0. The third-order valence-electron chi connectivity index (χ3n) is 1.29. The standard InChI is InChI=1S/C5H12O.2C4H10O2.V/c1-5(2,3)4-6;2*1-4(2)3-6-5;/h6H,4H2,1-3H3;2*4-5H,3H2,1-2H3;. The largest absolute Gasteiger partial charge is 0.396 e. The molecule has 0 atom stereocenters. The Bertz CT molecular complexity index is 136. The van der Waals surface area contributed by atoms with E-state index in [1.165, 1.54) is 0 Å². The second-order valence-corrected chi connectivity index (χ2v) is 6.10. The molecule has 6 heteroatoms. The molecule has 0 rings (SSSR count). The van der Waals surface area contributed by atoms with Crippen LogP contribution in [0.3, 0.4) is 0 Å². The first-order valence-electron chi connectivity index (χ1n) is 6.24. The molecule has 0 unspecified atom stereocenters. The normalized spacial score (nSPS) is 10.1. The average Bonchev–Trinajstić information content (AvgIpc) is 2.18. The number of rotatable bonds is 4. The van der Waals surface area contributed by atoms with Crippen LogP contribution >= 0.6 is 0 Å². The summed E-state index contributed by atoms with van der Waals surface area (Å²) < 4.78 is 0. The Morgan fingerprint density at radius 3 is 1.05 bits per heavy atom. The Hall–Kier alpha value is 0.384. The Labute approximate surface area is 130 Å². The predicted molar refractivity (Wildman–Crippen MR) is 73.4 cm³/mol. The minimum atomic E-state index is 0. The van der Waals surface area contributed by atoms with Crippen LogP contribution in [0.4, 0.5) is 0 Å². The number of hydrogen-bond donors (Lipinski definition) is 3. The van der Waals surface area contributed by atoms with Crippen LogP contribution in [0.5, 0.6) is 0 Å². The molecule has 0 saturated carbocycles. The summed E-state index contributed by atoms with van der Waals surface area (Å²) in [7, 11) is 0. The Kier molecular flexibility index (Phi) is 26.8. The van der Waals surface area contributed by atoms with Crippen molar-refractivity contribution in [3.63, 3.8) is 0 Å². The monoisotopic (exact) mass is 319 g/mol. The summed E-state index contributed by atoms with van der Waals surface area (Å²) in [6, 6.07) is 0. The minimum absolute atomic E-state index is 0. The van der Waals surface area contributed by atoms with E-state index in [2.05, 4.69) is 9.78 Å². The van der Waals surface area contributed by atoms with E-state index in [-0.39, 0.29) is 30.6 Å². The molecule has 0 spiro atoms. The van der Waals surface area contributed by atoms with Crippen molar-refractivity contribution in [1.82, 2.24) is 0 Å². The molecule has 119 valence electrons. The van der Waals surface area contributed by atoms with E-state index in [0.29, 0.717) is 25.0 Å². The van der Waals surface area contributed by atoms with Crippen LogP contribution in [0.2, 0.25) is 0 Å². The zero-order valence-electron chi connectivity index (χ0n) is 13.4. The maximum absolute atomic E-state index is 8.40. The third kappa shape index (κ3) is 56.0. The van der Waals surface area contributed by atoms with Crippen LogP contribution in [0, 0.1) is 17.3 Å². The average molecular weight is 319 g/mol. The van der Waals surface area contributed by atoms with Gasteiger partial charge < -0.3 is 5.11 Å². The van der Waals surface area contributed by atoms with Gasteiger partial charge in [-0.05, 0) is 17.3 Å². The van der Waals surface area contributed by atoms with Crippen molar-refractivity contribution >= 4 is 0 Å². The molecule has 0 amide bonds. The molecule has 0 fully saturated rings. The van der Waals surface area contributed by atoms with Crippen molar-refractivity contribution in [3.05, 3.63) is 0 Å². The summed E-state index contributed by atoms with van der Waals surface area (Å²) in [5.41, 5.74) is 0.0972. The second-order valence-electron chi connectivity index (χ2n) is 6.10. The van der Waals surface area contributed by atoms with Gasteiger partial charge in [-0.1, -0.05) is 48.5 Å². The molecular formula is C13H32O5V. The molecule has 3 N–H and O–H groups in total. The van der Waals surface area contributed by atoms with E-state index in [9.17, 15) is 0 Å². The zero-order chi connectivity index (χ0) is 15.2. The summed E-state index contributed by atoms with van der Waals surface area (Å²) in [5, 5.41) is 23.9. The Balaban J connectivity index is -0.0000000865. The maximum atomic E-state index is 8.40. The van der Waals surface area contributed by atoms with Gasteiger partial charge in [0.15, 0.2) is 0 Å². The molecule has 0 aliphatic rings. The number of hydrogen-bond acceptors (Lipinski definition) is 5. The molecule has 5 nitrogen and oxygen atoms in total. The van der Waals surface area contributed by atoms with Gasteiger partial charge in [0.2, 0.25) is 0 Å². The molecule has 0 saturated heterocycles. The number of aliphatic hydroxyl groups excluding tert-OH is 1. The van der Waals surface area contributed by atoms with Crippen molar-refractivity contribution in [3.8, 4) is 0 Å². The fourth-order valence-electron chi connectivity index (χ4n) is 0.298. The van der Waals surface area contributed by atoms with Gasteiger partial charge in [-0.15, -0.1) is 0 Å². The summed E-state index contributed by atoms with van der Waals surface area (Å²) in [6.45, 7) is 15.0. The predicted octanol–water partition coefficient (Wildman–Crippen LogP) is 3.29. The van der Waals surface area contributed by atoms with Crippen molar-refractivity contribution < 1.29 is 44.0 Å². The van der Waals surface area contributed by atoms with E-state index in [4.69, 9.17) is 15.6 Å². The van der Waals surface area contributed by atoms with Crippen LogP contribution in [0.15, 0.2) is 0 Å². The van der Waals surface area contributed by atoms with E-state index in [1.807, 2.05) is 48.5 Å². The quantitative estimate of drug-likeness (QED) is 0.547. The van der Waals surface area contributed by atoms with Gasteiger partial charge >= 0.3 is 0 Å². The van der Waals surface area contributed by atoms with E-state index in [1.54, 1.807) is 0 Å². The number of aliphatic hydroxyl groups is 1. The van der Waals surface area contributed by atoms with Gasteiger partial charge in [0.25, 0.3) is 0 Å². The summed E-state index contributed by atoms with van der Waals surface area (Å²) in [5.74, 6) is 0.852. The van der Waals surface area contributed by atoms with Crippen molar-refractivity contribution in [2.75, 3.05) is 19.8 Å². The molecule has 19 heavy (non-hydrogen) atoms. The Morgan fingerprint density at radius 2 is 1.05 bits per heavy atom. The first-order chi connectivity index (χ1) is 8.10. The smallest absolute Gasteiger partial charge is 0.0842 e.